The van der Waals surface area contributed by atoms with Crippen LogP contribution in [0.25, 0.3) is 22.2 Å². The smallest absolute Gasteiger partial charge is 0.240 e. The van der Waals surface area contributed by atoms with E-state index >= 15 is 0 Å². The first-order valence-corrected chi connectivity index (χ1v) is 16.4. The topological polar surface area (TPSA) is 101 Å². The maximum Gasteiger partial charge on any atom is 0.240 e. The highest BCUT2D eigenvalue weighted by Gasteiger charge is 2.41. The number of benzene rings is 2. The van der Waals surface area contributed by atoms with Crippen LogP contribution in [-0.2, 0) is 30.7 Å². The molecule has 3 aromatic rings. The molecular weight excluding hydrogens is 538 g/mol. The molecule has 220 valence electrons. The van der Waals surface area contributed by atoms with Crippen molar-refractivity contribution in [1.82, 2.24) is 14.6 Å². The van der Waals surface area contributed by atoms with Gasteiger partial charge in [-0.05, 0) is 86.6 Å². The van der Waals surface area contributed by atoms with Crippen molar-refractivity contribution in [3.63, 3.8) is 0 Å². The van der Waals surface area contributed by atoms with Crippen molar-refractivity contribution in [3.05, 3.63) is 53.6 Å². The summed E-state index contributed by atoms with van der Waals surface area (Å²) in [5.74, 6) is 0.797. The second-order valence-electron chi connectivity index (χ2n) is 12.0. The molecule has 3 fully saturated rings. The Morgan fingerprint density at radius 2 is 1.83 bits per heavy atom. The van der Waals surface area contributed by atoms with Gasteiger partial charge < -0.3 is 19.4 Å². The van der Waals surface area contributed by atoms with Crippen molar-refractivity contribution in [2.75, 3.05) is 33.5 Å². The monoisotopic (exact) mass is 579 g/mol. The molecule has 1 aliphatic heterocycles. The molecule has 3 aliphatic rings. The van der Waals surface area contributed by atoms with Crippen LogP contribution in [0.3, 0.4) is 0 Å². The Hall–Kier alpha value is -2.72. The number of aromatic amines is 1. The normalized spacial score (nSPS) is 23.7. The number of H-pyrrole nitrogens is 1. The summed E-state index contributed by atoms with van der Waals surface area (Å²) in [4.78, 5) is 19.1. The molecule has 1 saturated heterocycles. The number of nitrogens with zero attached hydrogens (tertiary/aromatic N) is 1. The first-order chi connectivity index (χ1) is 19.8. The number of aromatic nitrogens is 1. The van der Waals surface area contributed by atoms with Gasteiger partial charge >= 0.3 is 0 Å². The molecule has 1 amide bonds. The van der Waals surface area contributed by atoms with Gasteiger partial charge in [-0.2, -0.15) is 0 Å². The molecule has 2 N–H and O–H groups in total. The van der Waals surface area contributed by atoms with Gasteiger partial charge in [-0.15, -0.1) is 0 Å². The number of sulfonamides is 1. The molecule has 1 aromatic heterocycles. The van der Waals surface area contributed by atoms with E-state index in [4.69, 9.17) is 9.47 Å². The lowest BCUT2D eigenvalue weighted by Gasteiger charge is -2.39. The van der Waals surface area contributed by atoms with E-state index in [0.29, 0.717) is 58.0 Å². The van der Waals surface area contributed by atoms with E-state index in [1.165, 1.54) is 18.4 Å². The van der Waals surface area contributed by atoms with E-state index in [2.05, 4.69) is 45.8 Å². The van der Waals surface area contributed by atoms with E-state index in [1.54, 1.807) is 19.2 Å². The quantitative estimate of drug-likeness (QED) is 0.379. The second-order valence-corrected chi connectivity index (χ2v) is 13.7. The SMILES string of the molecule is COCCc1ccc(-c2[nH]c3cc(S(=O)(=O)NC4CCC(C(=O)N5CCOC[C@@H]5C5CC5)CC4)ccc3c2C)cc1. The number of amides is 1. The summed E-state index contributed by atoms with van der Waals surface area (Å²) in [7, 11) is -1.99. The van der Waals surface area contributed by atoms with Gasteiger partial charge in [-0.25, -0.2) is 13.1 Å². The first kappa shape index (κ1) is 28.4. The van der Waals surface area contributed by atoms with Crippen LogP contribution in [-0.4, -0.2) is 69.8 Å². The van der Waals surface area contributed by atoms with Crippen LogP contribution in [0.15, 0.2) is 47.4 Å². The van der Waals surface area contributed by atoms with Crippen LogP contribution in [0, 0.1) is 18.8 Å². The largest absolute Gasteiger partial charge is 0.384 e. The van der Waals surface area contributed by atoms with Crippen molar-refractivity contribution in [3.8, 4) is 11.3 Å². The fourth-order valence-electron chi connectivity index (χ4n) is 6.58. The van der Waals surface area contributed by atoms with Gasteiger partial charge in [0.15, 0.2) is 0 Å². The maximum atomic E-state index is 13.4. The number of carbonyl (C=O) groups excluding carboxylic acids is 1. The molecule has 9 heteroatoms. The van der Waals surface area contributed by atoms with E-state index in [1.807, 2.05) is 6.07 Å². The van der Waals surface area contributed by atoms with Gasteiger partial charge in [0.05, 0.1) is 30.8 Å². The molecule has 0 radical (unpaired) electrons. The lowest BCUT2D eigenvalue weighted by Crippen LogP contribution is -2.52. The average Bonchev–Trinajstić information content (AvgIpc) is 3.79. The fourth-order valence-corrected chi connectivity index (χ4v) is 7.91. The Morgan fingerprint density at radius 1 is 1.07 bits per heavy atom. The predicted octanol–water partition coefficient (Wildman–Crippen LogP) is 4.81. The third kappa shape index (κ3) is 6.09. The predicted molar refractivity (Wildman–Crippen MR) is 159 cm³/mol. The molecule has 1 atom stereocenters. The number of aryl methyl sites for hydroxylation is 1. The molecule has 8 nitrogen and oxygen atoms in total. The molecule has 2 saturated carbocycles. The van der Waals surface area contributed by atoms with Gasteiger partial charge in [0.25, 0.3) is 0 Å². The number of hydrogen-bond acceptors (Lipinski definition) is 5. The minimum absolute atomic E-state index is 0.0270. The zero-order valence-corrected chi connectivity index (χ0v) is 24.8. The van der Waals surface area contributed by atoms with E-state index in [-0.39, 0.29) is 28.8 Å². The number of carbonyl (C=O) groups is 1. The number of methoxy groups -OCH3 is 1. The number of morpholine rings is 1. The molecule has 41 heavy (non-hydrogen) atoms. The zero-order valence-electron chi connectivity index (χ0n) is 24.0. The summed E-state index contributed by atoms with van der Waals surface area (Å²) in [6, 6.07) is 13.8. The summed E-state index contributed by atoms with van der Waals surface area (Å²) >= 11 is 0. The molecule has 2 aromatic carbocycles. The second kappa shape index (κ2) is 11.9. The molecule has 0 unspecified atom stereocenters. The lowest BCUT2D eigenvalue weighted by atomic mass is 9.85. The highest BCUT2D eigenvalue weighted by Crippen LogP contribution is 2.38. The van der Waals surface area contributed by atoms with Gasteiger partial charge in [0, 0.05) is 42.2 Å². The third-order valence-electron chi connectivity index (χ3n) is 9.19. The van der Waals surface area contributed by atoms with Crippen molar-refractivity contribution in [2.24, 2.45) is 11.8 Å². The summed E-state index contributed by atoms with van der Waals surface area (Å²) < 4.78 is 40.6. The van der Waals surface area contributed by atoms with Crippen LogP contribution in [0.2, 0.25) is 0 Å². The Kier molecular flexibility index (Phi) is 8.23. The first-order valence-electron chi connectivity index (χ1n) is 14.9. The summed E-state index contributed by atoms with van der Waals surface area (Å²) in [6.45, 7) is 4.68. The highest BCUT2D eigenvalue weighted by molar-refractivity contribution is 7.89. The van der Waals surface area contributed by atoms with Gasteiger partial charge in [-0.3, -0.25) is 4.79 Å². The standard InChI is InChI=1S/C32H41N3O5S/c1-21-28-14-13-27(19-29(28)33-31(21)24-5-3-22(4-6-24)15-17-39-2)41(37,38)34-26-11-9-25(10-12-26)32(36)35-16-18-40-20-30(35)23-7-8-23/h3-6,13-14,19,23,25-26,30,33-34H,7-12,15-18,20H2,1-2H3/t25?,26?,30-/m1/s1. The van der Waals surface area contributed by atoms with Crippen LogP contribution in [0.1, 0.15) is 49.7 Å². The lowest BCUT2D eigenvalue weighted by molar-refractivity contribution is -0.146. The highest BCUT2D eigenvalue weighted by atomic mass is 32.2. The minimum Gasteiger partial charge on any atom is -0.384 e. The molecule has 0 spiro atoms. The number of fused-ring (bicyclic) bond motifs is 1. The number of hydrogen-bond donors (Lipinski definition) is 2. The van der Waals surface area contributed by atoms with Crippen LogP contribution in [0.4, 0.5) is 0 Å². The fraction of sp³-hybridized carbons (Fsp3) is 0.531. The van der Waals surface area contributed by atoms with Crippen molar-refractivity contribution >= 4 is 26.8 Å². The third-order valence-corrected chi connectivity index (χ3v) is 10.7. The van der Waals surface area contributed by atoms with Crippen LogP contribution >= 0.6 is 0 Å². The zero-order chi connectivity index (χ0) is 28.6. The van der Waals surface area contributed by atoms with E-state index in [0.717, 1.165) is 34.1 Å². The van der Waals surface area contributed by atoms with Gasteiger partial charge in [0.2, 0.25) is 15.9 Å². The van der Waals surface area contributed by atoms with Crippen molar-refractivity contribution in [1.29, 1.82) is 0 Å². The van der Waals surface area contributed by atoms with Gasteiger partial charge in [0.1, 0.15) is 0 Å². The van der Waals surface area contributed by atoms with Crippen molar-refractivity contribution < 1.29 is 22.7 Å². The summed E-state index contributed by atoms with van der Waals surface area (Å²) in [5, 5.41) is 1.01. The minimum atomic E-state index is -3.70. The Bertz CT molecular complexity index is 1490. The number of nitrogens with one attached hydrogen (secondary N) is 2. The van der Waals surface area contributed by atoms with Crippen LogP contribution in [0.5, 0.6) is 0 Å². The van der Waals surface area contributed by atoms with Crippen LogP contribution < -0.4 is 4.72 Å². The number of ether oxygens (including phenoxy) is 2. The Labute approximate surface area is 242 Å². The maximum absolute atomic E-state index is 13.4. The van der Waals surface area contributed by atoms with E-state index in [9.17, 15) is 13.2 Å². The summed E-state index contributed by atoms with van der Waals surface area (Å²) in [5.41, 5.74) is 5.16. The van der Waals surface area contributed by atoms with E-state index < -0.39 is 10.0 Å². The summed E-state index contributed by atoms with van der Waals surface area (Å²) in [6.07, 6.45) is 5.99. The molecule has 2 heterocycles. The molecule has 0 bridgehead atoms. The average molecular weight is 580 g/mol. The number of rotatable bonds is 9. The Balaban J connectivity index is 1.10. The van der Waals surface area contributed by atoms with Crippen molar-refractivity contribution in [2.45, 2.75) is 68.8 Å². The molecular formula is C32H41N3O5S. The Morgan fingerprint density at radius 3 is 2.54 bits per heavy atom. The molecule has 6 rings (SSSR count). The molecule has 2 aliphatic carbocycles. The van der Waals surface area contributed by atoms with Gasteiger partial charge in [-0.1, -0.05) is 30.3 Å².